The van der Waals surface area contributed by atoms with E-state index in [1.165, 1.54) is 6.07 Å². The Morgan fingerprint density at radius 3 is 2.70 bits per heavy atom. The van der Waals surface area contributed by atoms with Crippen LogP contribution in [0.4, 0.5) is 4.79 Å². The second-order valence-corrected chi connectivity index (χ2v) is 1.28. The Morgan fingerprint density at radius 2 is 2.30 bits per heavy atom. The molecule has 0 aliphatic carbocycles. The number of nitriles is 1. The van der Waals surface area contributed by atoms with Gasteiger partial charge in [0.25, 0.3) is 0 Å². The first-order chi connectivity index (χ1) is 4.66. The van der Waals surface area contributed by atoms with Crippen molar-refractivity contribution in [3.63, 3.8) is 0 Å². The molecule has 0 unspecified atom stereocenters. The van der Waals surface area contributed by atoms with Crippen LogP contribution in [-0.4, -0.2) is 12.0 Å². The number of hydrogen-bond donors (Lipinski definition) is 2. The van der Waals surface area contributed by atoms with Gasteiger partial charge in [-0.2, -0.15) is 10.7 Å². The van der Waals surface area contributed by atoms with Gasteiger partial charge in [-0.3, -0.25) is 0 Å². The number of nitrogens with zero attached hydrogens (tertiary/aromatic N) is 1. The molecule has 0 spiro atoms. The van der Waals surface area contributed by atoms with Gasteiger partial charge in [0, 0.05) is 0 Å². The maximum absolute atomic E-state index is 10.2. The molecule has 0 atom stereocenters. The number of nitrogens with one attached hydrogen (secondary N) is 1. The SMILES string of the molecule is N#CCC(=O)ONC(N)=O. The maximum Gasteiger partial charge on any atom is 0.346 e. The fourth-order valence-electron chi connectivity index (χ4n) is 0.208. The van der Waals surface area contributed by atoms with Crippen molar-refractivity contribution in [1.82, 2.24) is 5.48 Å². The number of hydroxylamine groups is 1. The first-order valence-electron chi connectivity index (χ1n) is 2.29. The fraction of sp³-hybridized carbons (Fsp3) is 0.250. The second-order valence-electron chi connectivity index (χ2n) is 1.28. The third kappa shape index (κ3) is 4.39. The smallest absolute Gasteiger partial charge is 0.346 e. The van der Waals surface area contributed by atoms with E-state index in [4.69, 9.17) is 5.26 Å². The van der Waals surface area contributed by atoms with E-state index < -0.39 is 18.4 Å². The molecular formula is C4H5N3O3. The minimum atomic E-state index is -0.980. The molecule has 0 fully saturated rings. The number of amides is 2. The van der Waals surface area contributed by atoms with E-state index in [-0.39, 0.29) is 0 Å². The minimum absolute atomic E-state index is 0.416. The highest BCUT2D eigenvalue weighted by atomic mass is 16.7. The lowest BCUT2D eigenvalue weighted by molar-refractivity contribution is -0.147. The Balaban J connectivity index is 3.42. The number of hydrogen-bond acceptors (Lipinski definition) is 4. The zero-order valence-corrected chi connectivity index (χ0v) is 4.96. The quantitative estimate of drug-likeness (QED) is 0.460. The summed E-state index contributed by atoms with van der Waals surface area (Å²) in [6.45, 7) is 0. The molecule has 0 aliphatic rings. The summed E-state index contributed by atoms with van der Waals surface area (Å²) >= 11 is 0. The van der Waals surface area contributed by atoms with E-state index in [1.807, 2.05) is 0 Å². The summed E-state index contributed by atoms with van der Waals surface area (Å²) in [6, 6.07) is 0.544. The van der Waals surface area contributed by atoms with Crippen LogP contribution in [0.25, 0.3) is 0 Å². The van der Waals surface area contributed by atoms with Crippen molar-refractivity contribution in [3.05, 3.63) is 0 Å². The lowest BCUT2D eigenvalue weighted by atomic mass is 10.5. The van der Waals surface area contributed by atoms with Crippen LogP contribution in [0.3, 0.4) is 0 Å². The Morgan fingerprint density at radius 1 is 1.70 bits per heavy atom. The summed E-state index contributed by atoms with van der Waals surface area (Å²) in [5.41, 5.74) is 6.10. The molecule has 0 heterocycles. The monoisotopic (exact) mass is 143 g/mol. The van der Waals surface area contributed by atoms with E-state index in [2.05, 4.69) is 10.6 Å². The molecule has 0 radical (unpaired) electrons. The Labute approximate surface area is 56.5 Å². The molecule has 0 aromatic carbocycles. The highest BCUT2D eigenvalue weighted by Crippen LogP contribution is 1.78. The van der Waals surface area contributed by atoms with Crippen molar-refractivity contribution in [1.29, 1.82) is 5.26 Å². The van der Waals surface area contributed by atoms with E-state index >= 15 is 0 Å². The number of primary amides is 1. The largest absolute Gasteiger partial charge is 0.349 e. The number of carbonyl (C=O) groups is 2. The molecule has 54 valence electrons. The summed E-state index contributed by atoms with van der Waals surface area (Å²) in [7, 11) is 0. The average Bonchev–Trinajstić information content (AvgIpc) is 1.85. The van der Waals surface area contributed by atoms with Crippen molar-refractivity contribution in [2.45, 2.75) is 6.42 Å². The lowest BCUT2D eigenvalue weighted by Crippen LogP contribution is -2.31. The van der Waals surface area contributed by atoms with Gasteiger partial charge in [-0.05, 0) is 0 Å². The van der Waals surface area contributed by atoms with Crippen LogP contribution in [-0.2, 0) is 9.63 Å². The Kier molecular flexibility index (Phi) is 3.41. The lowest BCUT2D eigenvalue weighted by Gasteiger charge is -1.97. The first-order valence-corrected chi connectivity index (χ1v) is 2.29. The molecule has 0 saturated heterocycles. The van der Waals surface area contributed by atoms with Crippen molar-refractivity contribution in [2.24, 2.45) is 5.73 Å². The number of nitrogens with two attached hydrogens (primary N) is 1. The molecule has 6 nitrogen and oxygen atoms in total. The van der Waals surface area contributed by atoms with Crippen LogP contribution >= 0.6 is 0 Å². The van der Waals surface area contributed by atoms with Gasteiger partial charge < -0.3 is 10.6 Å². The Bertz CT molecular complexity index is 183. The maximum atomic E-state index is 10.2. The fourth-order valence-corrected chi connectivity index (χ4v) is 0.208. The van der Waals surface area contributed by atoms with Gasteiger partial charge >= 0.3 is 12.0 Å². The summed E-state index contributed by atoms with van der Waals surface area (Å²) in [6.07, 6.45) is -0.416. The predicted octanol–water partition coefficient (Wildman–Crippen LogP) is -0.973. The van der Waals surface area contributed by atoms with Crippen LogP contribution in [0.2, 0.25) is 0 Å². The van der Waals surface area contributed by atoms with Crippen molar-refractivity contribution >= 4 is 12.0 Å². The second kappa shape index (κ2) is 4.14. The summed E-state index contributed by atoms with van der Waals surface area (Å²) < 4.78 is 0. The number of rotatable bonds is 1. The third-order valence-electron chi connectivity index (χ3n) is 0.489. The molecule has 0 aromatic heterocycles. The molecule has 3 N–H and O–H groups in total. The van der Waals surface area contributed by atoms with Crippen molar-refractivity contribution in [2.75, 3.05) is 0 Å². The van der Waals surface area contributed by atoms with Gasteiger partial charge in [-0.15, -0.1) is 0 Å². The van der Waals surface area contributed by atoms with Crippen LogP contribution in [0.5, 0.6) is 0 Å². The molecule has 10 heavy (non-hydrogen) atoms. The summed E-state index contributed by atoms with van der Waals surface area (Å²) in [4.78, 5) is 24.0. The summed E-state index contributed by atoms with van der Waals surface area (Å²) in [5, 5.41) is 7.91. The van der Waals surface area contributed by atoms with Crippen LogP contribution in [0.1, 0.15) is 6.42 Å². The average molecular weight is 143 g/mol. The van der Waals surface area contributed by atoms with Crippen LogP contribution in [0.15, 0.2) is 0 Å². The topological polar surface area (TPSA) is 105 Å². The molecule has 2 amide bonds. The van der Waals surface area contributed by atoms with Gasteiger partial charge in [-0.25, -0.2) is 9.59 Å². The van der Waals surface area contributed by atoms with Gasteiger partial charge in [0.05, 0.1) is 6.07 Å². The summed E-state index contributed by atoms with van der Waals surface area (Å²) in [5.74, 6) is -0.846. The molecule has 0 aliphatic heterocycles. The van der Waals surface area contributed by atoms with Crippen molar-refractivity contribution in [3.8, 4) is 6.07 Å². The van der Waals surface area contributed by atoms with E-state index in [0.29, 0.717) is 0 Å². The first kappa shape index (κ1) is 8.23. The van der Waals surface area contributed by atoms with Gasteiger partial charge in [0.1, 0.15) is 6.42 Å². The highest BCUT2D eigenvalue weighted by Gasteiger charge is 2.01. The molecular weight excluding hydrogens is 138 g/mol. The van der Waals surface area contributed by atoms with Gasteiger partial charge in [0.15, 0.2) is 0 Å². The van der Waals surface area contributed by atoms with Crippen LogP contribution in [0, 0.1) is 11.3 Å². The molecule has 0 aromatic rings. The normalized spacial score (nSPS) is 7.50. The van der Waals surface area contributed by atoms with E-state index in [0.717, 1.165) is 0 Å². The highest BCUT2D eigenvalue weighted by molar-refractivity contribution is 5.76. The minimum Gasteiger partial charge on any atom is -0.349 e. The van der Waals surface area contributed by atoms with Crippen LogP contribution < -0.4 is 11.2 Å². The molecule has 0 rings (SSSR count). The number of urea groups is 1. The van der Waals surface area contributed by atoms with Crippen molar-refractivity contribution < 1.29 is 14.4 Å². The standard InChI is InChI=1S/C4H5N3O3/c5-2-1-3(8)10-7-4(6)9/h1H2,(H3,6,7,9). The van der Waals surface area contributed by atoms with Gasteiger partial charge in [-0.1, -0.05) is 0 Å². The molecule has 6 heteroatoms. The Hall–Kier alpha value is -1.77. The predicted molar refractivity (Wildman–Crippen MR) is 29.0 cm³/mol. The zero-order chi connectivity index (χ0) is 7.98. The van der Waals surface area contributed by atoms with E-state index in [1.54, 1.807) is 5.48 Å². The molecule has 0 saturated carbocycles. The van der Waals surface area contributed by atoms with Gasteiger partial charge in [0.2, 0.25) is 0 Å². The molecule has 0 bridgehead atoms. The van der Waals surface area contributed by atoms with E-state index in [9.17, 15) is 9.59 Å². The zero-order valence-electron chi connectivity index (χ0n) is 4.96. The number of carbonyl (C=O) groups excluding carboxylic acids is 2. The third-order valence-corrected chi connectivity index (χ3v) is 0.489.